The van der Waals surface area contributed by atoms with Gasteiger partial charge in [0.2, 0.25) is 0 Å². The lowest BCUT2D eigenvalue weighted by Crippen LogP contribution is -2.33. The smallest absolute Gasteiger partial charge is 0.261 e. The van der Waals surface area contributed by atoms with Gasteiger partial charge in [0.25, 0.3) is 11.8 Å². The Morgan fingerprint density at radius 1 is 1.17 bits per heavy atom. The summed E-state index contributed by atoms with van der Waals surface area (Å²) in [6.07, 6.45) is 3.63. The predicted molar refractivity (Wildman–Crippen MR) is 112 cm³/mol. The summed E-state index contributed by atoms with van der Waals surface area (Å²) in [5.74, 6) is -0.575. The van der Waals surface area contributed by atoms with Crippen LogP contribution in [-0.4, -0.2) is 22.8 Å². The van der Waals surface area contributed by atoms with Crippen LogP contribution < -0.4 is 10.2 Å². The van der Waals surface area contributed by atoms with Crippen LogP contribution in [0.15, 0.2) is 70.7 Å². The molecule has 1 fully saturated rings. The van der Waals surface area contributed by atoms with Crippen LogP contribution in [0.25, 0.3) is 0 Å². The van der Waals surface area contributed by atoms with Crippen molar-refractivity contribution in [1.29, 1.82) is 0 Å². The fourth-order valence-corrected chi connectivity index (χ4v) is 4.54. The summed E-state index contributed by atoms with van der Waals surface area (Å²) in [6.45, 7) is 0.306. The Morgan fingerprint density at radius 3 is 2.73 bits per heavy atom. The lowest BCUT2D eigenvalue weighted by Gasteiger charge is -2.22. The molecule has 5 rings (SSSR count). The summed E-state index contributed by atoms with van der Waals surface area (Å²) in [5, 5.41) is 3.51. The molecule has 2 aliphatic rings. The molecule has 0 unspecified atom stereocenters. The van der Waals surface area contributed by atoms with Crippen LogP contribution in [0.2, 0.25) is 0 Å². The van der Waals surface area contributed by atoms with Crippen LogP contribution in [0.5, 0.6) is 0 Å². The number of nitrogens with one attached hydrogen (secondary N) is 1. The summed E-state index contributed by atoms with van der Waals surface area (Å²) in [6, 6.07) is 15.2. The topological polar surface area (TPSA) is 62.3 Å². The molecule has 5 nitrogen and oxygen atoms in total. The Balaban J connectivity index is 1.44. The molecule has 3 aromatic rings. The quantitative estimate of drug-likeness (QED) is 0.680. The fourth-order valence-electron chi connectivity index (χ4n) is 3.50. The van der Waals surface area contributed by atoms with Crippen LogP contribution in [0.3, 0.4) is 0 Å². The largest absolute Gasteiger partial charge is 0.348 e. The second kappa shape index (κ2) is 7.57. The second-order valence-corrected chi connectivity index (χ2v) is 8.39. The van der Waals surface area contributed by atoms with Gasteiger partial charge in [-0.15, -0.1) is 0 Å². The number of hydrogen-bond acceptors (Lipinski definition) is 4. The third-order valence-corrected chi connectivity index (χ3v) is 6.25. The Bertz CT molecular complexity index is 1150. The summed E-state index contributed by atoms with van der Waals surface area (Å²) < 4.78 is 13.0. The van der Waals surface area contributed by atoms with Crippen LogP contribution in [0.1, 0.15) is 39.1 Å². The maximum atomic E-state index is 13.1. The molecule has 0 atom stereocenters. The average molecular weight is 419 g/mol. The van der Waals surface area contributed by atoms with Crippen molar-refractivity contribution >= 4 is 29.3 Å². The highest BCUT2D eigenvalue weighted by atomic mass is 32.2. The zero-order valence-corrected chi connectivity index (χ0v) is 16.8. The van der Waals surface area contributed by atoms with Crippen molar-refractivity contribution in [1.82, 2.24) is 10.3 Å². The van der Waals surface area contributed by atoms with E-state index in [9.17, 15) is 14.0 Å². The van der Waals surface area contributed by atoms with E-state index in [-0.39, 0.29) is 23.7 Å². The van der Waals surface area contributed by atoms with E-state index in [0.29, 0.717) is 22.7 Å². The molecule has 1 aromatic heterocycles. The highest BCUT2D eigenvalue weighted by molar-refractivity contribution is 7.99. The maximum Gasteiger partial charge on any atom is 0.261 e. The Kier molecular flexibility index (Phi) is 4.75. The van der Waals surface area contributed by atoms with Gasteiger partial charge in [0.15, 0.2) is 0 Å². The Labute approximate surface area is 177 Å². The molecule has 0 spiro atoms. The van der Waals surface area contributed by atoms with Gasteiger partial charge in [-0.2, -0.15) is 0 Å². The van der Waals surface area contributed by atoms with E-state index < -0.39 is 0 Å². The number of anilines is 1. The number of aromatic nitrogens is 1. The van der Waals surface area contributed by atoms with Crippen molar-refractivity contribution in [3.8, 4) is 0 Å². The number of pyridine rings is 1. The number of nitrogens with zero attached hydrogens (tertiary/aromatic N) is 2. The third kappa shape index (κ3) is 3.57. The molecular formula is C23H18FN3O2S. The number of hydrogen-bond donors (Lipinski definition) is 1. The number of benzene rings is 2. The summed E-state index contributed by atoms with van der Waals surface area (Å²) >= 11 is 1.41. The number of fused-ring (bicyclic) bond motifs is 2. The molecule has 0 bridgehead atoms. The predicted octanol–water partition coefficient (Wildman–Crippen LogP) is 4.42. The molecule has 2 aromatic carbocycles. The molecule has 1 saturated carbocycles. The highest BCUT2D eigenvalue weighted by Crippen LogP contribution is 2.44. The second-order valence-electron chi connectivity index (χ2n) is 7.36. The maximum absolute atomic E-state index is 13.1. The summed E-state index contributed by atoms with van der Waals surface area (Å²) in [5.41, 5.74) is 2.73. The van der Waals surface area contributed by atoms with Crippen molar-refractivity contribution in [3.63, 3.8) is 0 Å². The van der Waals surface area contributed by atoms with Gasteiger partial charge in [0.05, 0.1) is 11.3 Å². The van der Waals surface area contributed by atoms with Crippen molar-refractivity contribution in [2.24, 2.45) is 0 Å². The number of carbonyl (C=O) groups excluding carboxylic acids is 2. The molecule has 30 heavy (non-hydrogen) atoms. The van der Waals surface area contributed by atoms with Gasteiger partial charge >= 0.3 is 0 Å². The summed E-state index contributed by atoms with van der Waals surface area (Å²) in [4.78, 5) is 32.9. The molecular weight excluding hydrogens is 401 g/mol. The lowest BCUT2D eigenvalue weighted by atomic mass is 10.1. The first-order valence-electron chi connectivity index (χ1n) is 9.73. The third-order valence-electron chi connectivity index (χ3n) is 5.19. The number of halogens is 1. The van der Waals surface area contributed by atoms with Gasteiger partial charge in [-0.3, -0.25) is 9.59 Å². The van der Waals surface area contributed by atoms with Crippen LogP contribution in [0.4, 0.5) is 10.1 Å². The fraction of sp³-hybridized carbons (Fsp3) is 0.174. The van der Waals surface area contributed by atoms with E-state index in [1.807, 2.05) is 17.0 Å². The molecule has 1 aliphatic heterocycles. The van der Waals surface area contributed by atoms with Gasteiger partial charge < -0.3 is 10.2 Å². The van der Waals surface area contributed by atoms with Crippen molar-refractivity contribution in [2.75, 3.05) is 4.90 Å². The minimum Gasteiger partial charge on any atom is -0.348 e. The first kappa shape index (κ1) is 18.8. The molecule has 0 saturated heterocycles. The monoisotopic (exact) mass is 419 g/mol. The Morgan fingerprint density at radius 2 is 1.97 bits per heavy atom. The van der Waals surface area contributed by atoms with Crippen LogP contribution in [0, 0.1) is 5.82 Å². The van der Waals surface area contributed by atoms with Gasteiger partial charge in [-0.1, -0.05) is 23.9 Å². The zero-order valence-electron chi connectivity index (χ0n) is 16.0. The average Bonchev–Trinajstić information content (AvgIpc) is 3.60. The van der Waals surface area contributed by atoms with Gasteiger partial charge in [-0.05, 0) is 60.9 Å². The van der Waals surface area contributed by atoms with E-state index in [2.05, 4.69) is 10.3 Å². The molecule has 1 N–H and O–H groups in total. The van der Waals surface area contributed by atoms with Crippen molar-refractivity contribution in [2.45, 2.75) is 35.3 Å². The minimum atomic E-state index is -0.309. The standard InChI is InChI=1S/C23H18FN3O2S/c24-16-6-3-14(4-7-16)13-26-21(28)15-5-10-19-20(12-15)30-22-18(2-1-11-25-22)23(29)27(19)17-8-9-17/h1-7,10-12,17H,8-9,13H2,(H,26,28). The molecule has 150 valence electrons. The Hall–Kier alpha value is -3.19. The lowest BCUT2D eigenvalue weighted by molar-refractivity contribution is 0.0949. The van der Waals surface area contributed by atoms with Crippen LogP contribution in [-0.2, 0) is 6.54 Å². The number of amides is 2. The number of carbonyl (C=O) groups is 2. The van der Waals surface area contributed by atoms with Gasteiger partial charge in [0, 0.05) is 29.2 Å². The zero-order chi connectivity index (χ0) is 20.7. The van der Waals surface area contributed by atoms with Gasteiger partial charge in [0.1, 0.15) is 10.8 Å². The van der Waals surface area contributed by atoms with Crippen LogP contribution >= 0.6 is 11.8 Å². The highest BCUT2D eigenvalue weighted by Gasteiger charge is 2.38. The van der Waals surface area contributed by atoms with E-state index in [1.165, 1.54) is 23.9 Å². The first-order valence-corrected chi connectivity index (χ1v) is 10.5. The summed E-state index contributed by atoms with van der Waals surface area (Å²) in [7, 11) is 0. The van der Waals surface area contributed by atoms with Gasteiger partial charge in [-0.25, -0.2) is 9.37 Å². The first-order chi connectivity index (χ1) is 14.6. The van der Waals surface area contributed by atoms with E-state index in [4.69, 9.17) is 0 Å². The molecule has 0 radical (unpaired) electrons. The molecule has 1 aliphatic carbocycles. The van der Waals surface area contributed by atoms with Crippen molar-refractivity contribution in [3.05, 3.63) is 83.3 Å². The van der Waals surface area contributed by atoms with E-state index in [1.54, 1.807) is 36.5 Å². The van der Waals surface area contributed by atoms with E-state index in [0.717, 1.165) is 29.0 Å². The van der Waals surface area contributed by atoms with Crippen molar-refractivity contribution < 1.29 is 14.0 Å². The minimum absolute atomic E-state index is 0.0413. The normalized spacial score (nSPS) is 15.2. The van der Waals surface area contributed by atoms with E-state index >= 15 is 0 Å². The molecule has 7 heteroatoms. The molecule has 2 amide bonds. The molecule has 2 heterocycles. The SMILES string of the molecule is O=C(NCc1ccc(F)cc1)c1ccc2c(c1)Sc1ncccc1C(=O)N2C1CC1. The number of rotatable bonds is 4.